The number of carbonyl (C=O) groups excluding carboxylic acids is 4. The van der Waals surface area contributed by atoms with E-state index >= 15 is 0 Å². The van der Waals surface area contributed by atoms with Gasteiger partial charge in [-0.1, -0.05) is 0 Å². The highest BCUT2D eigenvalue weighted by atomic mass is 16.4. The Balaban J connectivity index is 2.56. The molecule has 1 rings (SSSR count). The summed E-state index contributed by atoms with van der Waals surface area (Å²) in [5.74, 6) is -3.54. The molecular weight excluding hydrogens is 348 g/mol. The van der Waals surface area contributed by atoms with E-state index in [0.29, 0.717) is 5.69 Å². The van der Waals surface area contributed by atoms with Crippen molar-refractivity contribution in [3.8, 4) is 0 Å². The minimum Gasteiger partial charge on any atom is -0.480 e. The van der Waals surface area contributed by atoms with Crippen LogP contribution in [0.4, 0.5) is 0 Å². The van der Waals surface area contributed by atoms with Gasteiger partial charge in [-0.15, -0.1) is 0 Å². The largest absolute Gasteiger partial charge is 0.480 e. The van der Waals surface area contributed by atoms with Gasteiger partial charge in [0.25, 0.3) is 0 Å². The summed E-state index contributed by atoms with van der Waals surface area (Å²) in [6.07, 6.45) is 2.90. The molecule has 0 aliphatic carbocycles. The highest BCUT2D eigenvalue weighted by molar-refractivity contribution is 5.92. The highest BCUT2D eigenvalue weighted by Crippen LogP contribution is 1.99. The standard InChI is InChI=1S/C14H20N6O6/c1-8(21)16-4-11(22)17-5-12(23)20-10(2-9-3-15-7-19-9)14(26)18-6-13(24)25/h3,7,10H,2,4-6H2,1H3,(H,15,19)(H,16,21)(H,17,22)(H,18,26)(H,20,23)(H,24,25). The van der Waals surface area contributed by atoms with Crippen LogP contribution in [0.3, 0.4) is 0 Å². The summed E-state index contributed by atoms with van der Waals surface area (Å²) in [6.45, 7) is -0.0409. The van der Waals surface area contributed by atoms with Crippen LogP contribution in [0.1, 0.15) is 12.6 Å². The predicted octanol–water partition coefficient (Wildman–Crippen LogP) is -3.11. The molecule has 0 saturated carbocycles. The van der Waals surface area contributed by atoms with Crippen molar-refractivity contribution in [3.63, 3.8) is 0 Å². The van der Waals surface area contributed by atoms with E-state index in [1.165, 1.54) is 19.4 Å². The van der Waals surface area contributed by atoms with Crippen LogP contribution in [-0.2, 0) is 30.4 Å². The van der Waals surface area contributed by atoms with Crippen molar-refractivity contribution in [2.75, 3.05) is 19.6 Å². The Hall–Kier alpha value is -3.44. The lowest BCUT2D eigenvalue weighted by atomic mass is 10.1. The Bertz CT molecular complexity index is 659. The number of amides is 4. The third kappa shape index (κ3) is 8.42. The zero-order chi connectivity index (χ0) is 19.5. The first-order valence-corrected chi connectivity index (χ1v) is 7.55. The minimum atomic E-state index is -1.23. The molecule has 0 spiro atoms. The second-order valence-electron chi connectivity index (χ2n) is 5.20. The molecule has 1 atom stereocenters. The first kappa shape index (κ1) is 20.6. The summed E-state index contributed by atoms with van der Waals surface area (Å²) >= 11 is 0. The van der Waals surface area contributed by atoms with Gasteiger partial charge < -0.3 is 31.4 Å². The lowest BCUT2D eigenvalue weighted by molar-refractivity contribution is -0.138. The van der Waals surface area contributed by atoms with Crippen molar-refractivity contribution >= 4 is 29.6 Å². The fraction of sp³-hybridized carbons (Fsp3) is 0.429. The Morgan fingerprint density at radius 1 is 1.08 bits per heavy atom. The summed E-state index contributed by atoms with van der Waals surface area (Å²) in [4.78, 5) is 63.3. The van der Waals surface area contributed by atoms with Gasteiger partial charge in [-0.25, -0.2) is 4.98 Å². The molecule has 6 N–H and O–H groups in total. The molecule has 0 aliphatic rings. The Morgan fingerprint density at radius 3 is 2.35 bits per heavy atom. The second kappa shape index (κ2) is 10.4. The first-order chi connectivity index (χ1) is 12.3. The summed E-state index contributed by atoms with van der Waals surface area (Å²) in [6, 6.07) is -1.06. The van der Waals surface area contributed by atoms with Gasteiger partial charge in [0.2, 0.25) is 23.6 Å². The van der Waals surface area contributed by atoms with Gasteiger partial charge in [-0.3, -0.25) is 24.0 Å². The second-order valence-corrected chi connectivity index (χ2v) is 5.20. The molecule has 0 radical (unpaired) electrons. The molecule has 26 heavy (non-hydrogen) atoms. The zero-order valence-corrected chi connectivity index (χ0v) is 14.0. The van der Waals surface area contributed by atoms with Crippen molar-refractivity contribution < 1.29 is 29.1 Å². The number of carboxylic acid groups (broad SMARTS) is 1. The van der Waals surface area contributed by atoms with E-state index in [2.05, 4.69) is 31.2 Å². The molecule has 0 aromatic carbocycles. The topological polar surface area (TPSA) is 182 Å². The Morgan fingerprint density at radius 2 is 1.77 bits per heavy atom. The average molecular weight is 368 g/mol. The van der Waals surface area contributed by atoms with Crippen LogP contribution in [0.2, 0.25) is 0 Å². The van der Waals surface area contributed by atoms with Gasteiger partial charge in [-0.2, -0.15) is 0 Å². The molecule has 1 aromatic heterocycles. The van der Waals surface area contributed by atoms with Crippen LogP contribution in [-0.4, -0.2) is 70.3 Å². The van der Waals surface area contributed by atoms with E-state index < -0.39 is 42.8 Å². The van der Waals surface area contributed by atoms with Crippen LogP contribution in [0.5, 0.6) is 0 Å². The lowest BCUT2D eigenvalue weighted by Crippen LogP contribution is -2.51. The van der Waals surface area contributed by atoms with Crippen LogP contribution in [0.15, 0.2) is 12.5 Å². The Labute approximate surface area is 148 Å². The highest BCUT2D eigenvalue weighted by Gasteiger charge is 2.22. The third-order valence-corrected chi connectivity index (χ3v) is 2.99. The number of carboxylic acids is 1. The Kier molecular flexibility index (Phi) is 8.27. The number of aromatic nitrogens is 2. The molecular formula is C14H20N6O6. The van der Waals surface area contributed by atoms with Crippen LogP contribution < -0.4 is 21.3 Å². The molecule has 4 amide bonds. The molecule has 12 heteroatoms. The normalized spacial score (nSPS) is 11.1. The fourth-order valence-corrected chi connectivity index (χ4v) is 1.80. The van der Waals surface area contributed by atoms with E-state index in [4.69, 9.17) is 5.11 Å². The summed E-state index contributed by atoms with van der Waals surface area (Å²) in [5, 5.41) is 17.8. The maximum absolute atomic E-state index is 12.1. The maximum Gasteiger partial charge on any atom is 0.322 e. The van der Waals surface area contributed by atoms with Gasteiger partial charge in [-0.05, 0) is 0 Å². The van der Waals surface area contributed by atoms with Crippen molar-refractivity contribution in [1.82, 2.24) is 31.2 Å². The summed E-state index contributed by atoms with van der Waals surface area (Å²) in [5.41, 5.74) is 0.551. The smallest absolute Gasteiger partial charge is 0.322 e. The number of rotatable bonds is 10. The number of hydrogen-bond acceptors (Lipinski definition) is 6. The summed E-state index contributed by atoms with van der Waals surface area (Å²) in [7, 11) is 0. The summed E-state index contributed by atoms with van der Waals surface area (Å²) < 4.78 is 0. The number of aliphatic carboxylic acids is 1. The number of nitrogens with one attached hydrogen (secondary N) is 5. The molecule has 1 heterocycles. The van der Waals surface area contributed by atoms with E-state index in [-0.39, 0.29) is 18.9 Å². The molecule has 0 bridgehead atoms. The van der Waals surface area contributed by atoms with E-state index in [1.54, 1.807) is 0 Å². The van der Waals surface area contributed by atoms with Crippen LogP contribution >= 0.6 is 0 Å². The molecule has 1 unspecified atom stereocenters. The number of imidazole rings is 1. The molecule has 0 fully saturated rings. The number of nitrogens with zero attached hydrogens (tertiary/aromatic N) is 1. The molecule has 1 aromatic rings. The monoisotopic (exact) mass is 368 g/mol. The van der Waals surface area contributed by atoms with Gasteiger partial charge in [0, 0.05) is 25.2 Å². The SMILES string of the molecule is CC(=O)NCC(=O)NCC(=O)NC(Cc1cnc[nH]1)C(=O)NCC(=O)O. The van der Waals surface area contributed by atoms with Crippen LogP contribution in [0.25, 0.3) is 0 Å². The van der Waals surface area contributed by atoms with Gasteiger partial charge in [0.15, 0.2) is 0 Å². The van der Waals surface area contributed by atoms with E-state index in [1.807, 2.05) is 0 Å². The molecule has 142 valence electrons. The van der Waals surface area contributed by atoms with Crippen molar-refractivity contribution in [2.24, 2.45) is 0 Å². The molecule has 0 aliphatic heterocycles. The lowest BCUT2D eigenvalue weighted by Gasteiger charge is -2.17. The minimum absolute atomic E-state index is 0.0526. The number of aromatic amines is 1. The predicted molar refractivity (Wildman–Crippen MR) is 86.6 cm³/mol. The molecule has 0 saturated heterocycles. The van der Waals surface area contributed by atoms with E-state index in [9.17, 15) is 24.0 Å². The third-order valence-electron chi connectivity index (χ3n) is 2.99. The zero-order valence-electron chi connectivity index (χ0n) is 14.0. The fourth-order valence-electron chi connectivity index (χ4n) is 1.80. The van der Waals surface area contributed by atoms with Gasteiger partial charge in [0.1, 0.15) is 12.6 Å². The number of hydrogen-bond donors (Lipinski definition) is 6. The average Bonchev–Trinajstić information content (AvgIpc) is 3.08. The van der Waals surface area contributed by atoms with E-state index in [0.717, 1.165) is 0 Å². The number of H-pyrrole nitrogens is 1. The van der Waals surface area contributed by atoms with Crippen molar-refractivity contribution in [1.29, 1.82) is 0 Å². The first-order valence-electron chi connectivity index (χ1n) is 7.55. The number of carbonyl (C=O) groups is 5. The van der Waals surface area contributed by atoms with Crippen molar-refractivity contribution in [2.45, 2.75) is 19.4 Å². The van der Waals surface area contributed by atoms with Crippen molar-refractivity contribution in [3.05, 3.63) is 18.2 Å². The molecule has 12 nitrogen and oxygen atoms in total. The van der Waals surface area contributed by atoms with Crippen LogP contribution in [0, 0.1) is 0 Å². The maximum atomic E-state index is 12.1. The van der Waals surface area contributed by atoms with Gasteiger partial charge in [0.05, 0.1) is 19.4 Å². The van der Waals surface area contributed by atoms with Gasteiger partial charge >= 0.3 is 5.97 Å². The quantitative estimate of drug-likeness (QED) is 0.252.